The molecule has 9 nitrogen and oxygen atoms in total. The largest absolute Gasteiger partial charge is 0.390 e. The number of fused-ring (bicyclic) bond motifs is 2. The van der Waals surface area contributed by atoms with Gasteiger partial charge in [-0.3, -0.25) is 9.20 Å². The van der Waals surface area contributed by atoms with Crippen molar-refractivity contribution in [1.29, 1.82) is 0 Å². The van der Waals surface area contributed by atoms with Crippen molar-refractivity contribution in [1.82, 2.24) is 19.6 Å². The first-order valence-corrected chi connectivity index (χ1v) is 12.9. The summed E-state index contributed by atoms with van der Waals surface area (Å²) >= 11 is 0. The Balaban J connectivity index is 1.42. The molecule has 0 saturated carbocycles. The lowest BCUT2D eigenvalue weighted by atomic mass is 9.91. The van der Waals surface area contributed by atoms with Crippen molar-refractivity contribution in [3.63, 3.8) is 0 Å². The Hall–Kier alpha value is -4.02. The molecule has 3 N–H and O–H groups in total. The number of imidazole rings is 1. The van der Waals surface area contributed by atoms with E-state index < -0.39 is 5.60 Å². The summed E-state index contributed by atoms with van der Waals surface area (Å²) < 4.78 is 21.2. The van der Waals surface area contributed by atoms with Gasteiger partial charge in [-0.2, -0.15) is 0 Å². The van der Waals surface area contributed by atoms with Gasteiger partial charge < -0.3 is 25.4 Å². The SMILES string of the molecule is C=N/C(=C\C=C(/C)N1CCOC[C@@H](C(C)(C)O)C1)Nc1ccc(-c2cnc3cc(F)ccn23)c2c1C(=O)NC2. The maximum atomic E-state index is 13.7. The summed E-state index contributed by atoms with van der Waals surface area (Å²) in [5.74, 6) is -0.0806. The standard InChI is InChI=1S/C29H33FN6O3/c1-18(35-11-12-39-17-19(16-35)29(2,3)38)5-8-25(31-4)34-23-7-6-21(22-14-33-28(37)27(22)23)24-15-32-26-13-20(30)9-10-36(24)26/h5-10,13,15,19,34,38H,4,11-12,14,16-17H2,1-3H3,(H,33,37)/b18-5+,25-8+/t19-/m0/s1. The molecule has 2 aliphatic rings. The maximum Gasteiger partial charge on any atom is 0.254 e. The van der Waals surface area contributed by atoms with Crippen molar-refractivity contribution in [2.45, 2.75) is 32.9 Å². The molecule has 0 bridgehead atoms. The molecule has 1 saturated heterocycles. The number of aliphatic hydroxyl groups is 1. The second-order valence-corrected chi connectivity index (χ2v) is 10.4. The molecule has 204 valence electrons. The summed E-state index contributed by atoms with van der Waals surface area (Å²) in [6.45, 7) is 12.2. The quantitative estimate of drug-likeness (QED) is 0.314. The van der Waals surface area contributed by atoms with Crippen LogP contribution in [0.15, 0.2) is 65.3 Å². The fourth-order valence-electron chi connectivity index (χ4n) is 4.98. The lowest BCUT2D eigenvalue weighted by Crippen LogP contribution is -2.40. The zero-order chi connectivity index (χ0) is 27.7. The molecule has 39 heavy (non-hydrogen) atoms. The van der Waals surface area contributed by atoms with E-state index in [1.54, 1.807) is 16.8 Å². The van der Waals surface area contributed by atoms with Gasteiger partial charge in [0.15, 0.2) is 0 Å². The Labute approximate surface area is 226 Å². The number of carbonyl (C=O) groups excluding carboxylic acids is 1. The van der Waals surface area contributed by atoms with Crippen LogP contribution in [0.3, 0.4) is 0 Å². The first kappa shape index (κ1) is 26.6. The molecule has 2 aromatic heterocycles. The summed E-state index contributed by atoms with van der Waals surface area (Å²) in [6.07, 6.45) is 7.07. The number of anilines is 1. The van der Waals surface area contributed by atoms with Gasteiger partial charge in [-0.05, 0) is 57.3 Å². The highest BCUT2D eigenvalue weighted by Crippen LogP contribution is 2.35. The van der Waals surface area contributed by atoms with Gasteiger partial charge in [-0.25, -0.2) is 14.4 Å². The predicted octanol–water partition coefficient (Wildman–Crippen LogP) is 3.96. The van der Waals surface area contributed by atoms with Crippen LogP contribution in [0.1, 0.15) is 36.7 Å². The summed E-state index contributed by atoms with van der Waals surface area (Å²) in [4.78, 5) is 23.5. The van der Waals surface area contributed by atoms with Gasteiger partial charge in [0.05, 0.1) is 42.0 Å². The minimum atomic E-state index is -0.847. The van der Waals surface area contributed by atoms with Crippen LogP contribution in [0.4, 0.5) is 10.1 Å². The van der Waals surface area contributed by atoms with Crippen molar-refractivity contribution < 1.29 is 19.0 Å². The highest BCUT2D eigenvalue weighted by atomic mass is 19.1. The zero-order valence-electron chi connectivity index (χ0n) is 22.4. The number of amides is 1. The van der Waals surface area contributed by atoms with Crippen molar-refractivity contribution in [2.75, 3.05) is 31.6 Å². The molecular formula is C29H33FN6O3. The Morgan fingerprint density at radius 3 is 2.95 bits per heavy atom. The summed E-state index contributed by atoms with van der Waals surface area (Å²) in [6, 6.07) is 6.50. The molecule has 1 aromatic carbocycles. The molecule has 0 aliphatic carbocycles. The number of nitrogens with zero attached hydrogens (tertiary/aromatic N) is 4. The molecule has 10 heteroatoms. The first-order valence-electron chi connectivity index (χ1n) is 12.9. The minimum absolute atomic E-state index is 0.0194. The lowest BCUT2D eigenvalue weighted by molar-refractivity contribution is -0.0204. The van der Waals surface area contributed by atoms with Crippen LogP contribution >= 0.6 is 0 Å². The van der Waals surface area contributed by atoms with Gasteiger partial charge in [-0.1, -0.05) is 6.07 Å². The third kappa shape index (κ3) is 5.43. The van der Waals surface area contributed by atoms with Crippen LogP contribution in [0, 0.1) is 11.7 Å². The number of benzene rings is 1. The fraction of sp³-hybridized carbons (Fsp3) is 0.345. The van der Waals surface area contributed by atoms with E-state index in [9.17, 15) is 14.3 Å². The van der Waals surface area contributed by atoms with E-state index in [4.69, 9.17) is 4.74 Å². The highest BCUT2D eigenvalue weighted by Gasteiger charge is 2.31. The number of pyridine rings is 1. The third-order valence-electron chi connectivity index (χ3n) is 7.40. The topological polar surface area (TPSA) is 103 Å². The Bertz CT molecular complexity index is 1490. The molecule has 1 amide bonds. The monoisotopic (exact) mass is 532 g/mol. The van der Waals surface area contributed by atoms with Crippen LogP contribution in [-0.2, 0) is 11.3 Å². The smallest absolute Gasteiger partial charge is 0.254 e. The fourth-order valence-corrected chi connectivity index (χ4v) is 4.98. The Morgan fingerprint density at radius 1 is 1.36 bits per heavy atom. The average molecular weight is 533 g/mol. The lowest BCUT2D eigenvalue weighted by Gasteiger charge is -2.32. The summed E-state index contributed by atoms with van der Waals surface area (Å²) in [5, 5.41) is 16.7. The second-order valence-electron chi connectivity index (χ2n) is 10.4. The van der Waals surface area contributed by atoms with Gasteiger partial charge in [0, 0.05) is 49.1 Å². The number of carbonyl (C=O) groups is 1. The molecule has 1 atom stereocenters. The van der Waals surface area contributed by atoms with Crippen molar-refractivity contribution in [3.8, 4) is 11.3 Å². The van der Waals surface area contributed by atoms with E-state index in [2.05, 4.69) is 32.2 Å². The zero-order valence-corrected chi connectivity index (χ0v) is 22.4. The van der Waals surface area contributed by atoms with E-state index in [-0.39, 0.29) is 17.6 Å². The molecule has 0 radical (unpaired) electrons. The average Bonchev–Trinajstić information content (AvgIpc) is 3.39. The molecule has 2 aliphatic heterocycles. The number of rotatable bonds is 7. The van der Waals surface area contributed by atoms with E-state index in [1.165, 1.54) is 12.1 Å². The Morgan fingerprint density at radius 2 is 2.18 bits per heavy atom. The summed E-state index contributed by atoms with van der Waals surface area (Å²) in [5.41, 5.74) is 4.22. The highest BCUT2D eigenvalue weighted by molar-refractivity contribution is 6.05. The third-order valence-corrected chi connectivity index (χ3v) is 7.40. The van der Waals surface area contributed by atoms with Crippen molar-refractivity contribution in [3.05, 3.63) is 77.3 Å². The normalized spacial score (nSPS) is 18.6. The van der Waals surface area contributed by atoms with Gasteiger partial charge in [0.2, 0.25) is 0 Å². The number of halogens is 1. The first-order chi connectivity index (χ1) is 18.7. The van der Waals surface area contributed by atoms with E-state index in [0.29, 0.717) is 49.0 Å². The van der Waals surface area contributed by atoms with E-state index in [0.717, 1.165) is 29.1 Å². The molecule has 1 fully saturated rings. The van der Waals surface area contributed by atoms with Crippen LogP contribution in [0.5, 0.6) is 0 Å². The van der Waals surface area contributed by atoms with Gasteiger partial charge in [0.25, 0.3) is 5.91 Å². The maximum absolute atomic E-state index is 13.7. The van der Waals surface area contributed by atoms with Crippen LogP contribution in [-0.4, -0.2) is 63.9 Å². The molecule has 4 heterocycles. The van der Waals surface area contributed by atoms with Gasteiger partial charge in [0.1, 0.15) is 17.3 Å². The number of hydrogen-bond donors (Lipinski definition) is 3. The number of aliphatic imine (C=N–C) groups is 1. The predicted molar refractivity (Wildman–Crippen MR) is 149 cm³/mol. The molecule has 0 spiro atoms. The summed E-state index contributed by atoms with van der Waals surface area (Å²) in [7, 11) is 0. The second kappa shape index (κ2) is 10.6. The molecular weight excluding hydrogens is 499 g/mol. The molecule has 3 aromatic rings. The van der Waals surface area contributed by atoms with Crippen LogP contribution < -0.4 is 10.6 Å². The number of ether oxygens (including phenoxy) is 1. The van der Waals surface area contributed by atoms with Crippen LogP contribution in [0.25, 0.3) is 16.9 Å². The number of hydrogen-bond acceptors (Lipinski definition) is 7. The molecule has 5 rings (SSSR count). The van der Waals surface area contributed by atoms with Crippen molar-refractivity contribution in [2.24, 2.45) is 10.9 Å². The number of aromatic nitrogens is 2. The molecule has 0 unspecified atom stereocenters. The number of nitrogens with one attached hydrogen (secondary N) is 2. The van der Waals surface area contributed by atoms with E-state index in [1.807, 2.05) is 45.1 Å². The van der Waals surface area contributed by atoms with Crippen molar-refractivity contribution >= 4 is 24.0 Å². The van der Waals surface area contributed by atoms with Crippen LogP contribution in [0.2, 0.25) is 0 Å². The number of allylic oxidation sites excluding steroid dienone is 3. The van der Waals surface area contributed by atoms with Gasteiger partial charge >= 0.3 is 0 Å². The Kier molecular flexibility index (Phi) is 7.24. The van der Waals surface area contributed by atoms with Gasteiger partial charge in [-0.15, -0.1) is 0 Å². The minimum Gasteiger partial charge on any atom is -0.390 e. The van der Waals surface area contributed by atoms with E-state index >= 15 is 0 Å².